The largest absolute Gasteiger partial charge is 0.387 e. The number of nitrogens with two attached hydrogens (primary N) is 1. The molecule has 0 fully saturated rings. The number of hydrogen-bond acceptors (Lipinski definition) is 2. The maximum atomic E-state index is 14.0. The minimum atomic E-state index is -1.09. The zero-order valence-electron chi connectivity index (χ0n) is 12.8. The summed E-state index contributed by atoms with van der Waals surface area (Å²) in [6.45, 7) is 4.00. The lowest BCUT2D eigenvalue weighted by Gasteiger charge is -2.26. The number of aryl methyl sites for hydroxylation is 1. The lowest BCUT2D eigenvalue weighted by molar-refractivity contribution is 0.118. The molecule has 0 amide bonds. The standard InChI is InChI=1S/C18H21ClFNO/c1-11-6-3-4-7-13(11)10-12(2)17(21)18(22)14-8-5-9-15(19)16(14)20/h3-9,12,17-18,22H,10,21H2,1-2H3/t12?,17-,18-/m1/s1. The van der Waals surface area contributed by atoms with Gasteiger partial charge >= 0.3 is 0 Å². The van der Waals surface area contributed by atoms with Gasteiger partial charge in [-0.05, 0) is 36.5 Å². The van der Waals surface area contributed by atoms with Gasteiger partial charge in [-0.25, -0.2) is 4.39 Å². The molecular weight excluding hydrogens is 301 g/mol. The van der Waals surface area contributed by atoms with Gasteiger partial charge in [0.2, 0.25) is 0 Å². The zero-order chi connectivity index (χ0) is 16.3. The summed E-state index contributed by atoms with van der Waals surface area (Å²) in [5.41, 5.74) is 8.67. The number of benzene rings is 2. The second kappa shape index (κ2) is 7.23. The number of aliphatic hydroxyl groups is 1. The third-order valence-electron chi connectivity index (χ3n) is 4.12. The van der Waals surface area contributed by atoms with Gasteiger partial charge in [-0.2, -0.15) is 0 Å². The van der Waals surface area contributed by atoms with Crippen LogP contribution >= 0.6 is 11.6 Å². The molecule has 0 aliphatic carbocycles. The van der Waals surface area contributed by atoms with Crippen LogP contribution < -0.4 is 5.73 Å². The van der Waals surface area contributed by atoms with E-state index in [-0.39, 0.29) is 16.5 Å². The van der Waals surface area contributed by atoms with Gasteiger partial charge < -0.3 is 10.8 Å². The zero-order valence-corrected chi connectivity index (χ0v) is 13.5. The molecule has 4 heteroatoms. The number of halogens is 2. The first kappa shape index (κ1) is 16.9. The van der Waals surface area contributed by atoms with Crippen molar-refractivity contribution in [3.8, 4) is 0 Å². The average molecular weight is 322 g/mol. The summed E-state index contributed by atoms with van der Waals surface area (Å²) in [4.78, 5) is 0. The first-order valence-electron chi connectivity index (χ1n) is 7.34. The summed E-state index contributed by atoms with van der Waals surface area (Å²) in [7, 11) is 0. The van der Waals surface area contributed by atoms with Crippen LogP contribution in [0.1, 0.15) is 29.7 Å². The van der Waals surface area contributed by atoms with Crippen LogP contribution in [0.5, 0.6) is 0 Å². The van der Waals surface area contributed by atoms with Crippen molar-refractivity contribution < 1.29 is 9.50 Å². The quantitative estimate of drug-likeness (QED) is 0.873. The Balaban J connectivity index is 2.14. The second-order valence-corrected chi connectivity index (χ2v) is 6.18. The molecule has 2 aromatic carbocycles. The monoisotopic (exact) mass is 321 g/mol. The Morgan fingerprint density at radius 1 is 1.18 bits per heavy atom. The molecule has 2 nitrogen and oxygen atoms in total. The average Bonchev–Trinajstić information content (AvgIpc) is 2.51. The predicted octanol–water partition coefficient (Wildman–Crippen LogP) is 4.03. The van der Waals surface area contributed by atoms with Crippen molar-refractivity contribution in [1.29, 1.82) is 0 Å². The molecule has 0 aliphatic heterocycles. The fourth-order valence-electron chi connectivity index (χ4n) is 2.59. The minimum Gasteiger partial charge on any atom is -0.387 e. The van der Waals surface area contributed by atoms with E-state index in [4.69, 9.17) is 17.3 Å². The number of hydrogen-bond donors (Lipinski definition) is 2. The first-order valence-corrected chi connectivity index (χ1v) is 7.71. The van der Waals surface area contributed by atoms with Gasteiger partial charge in [-0.1, -0.05) is 54.9 Å². The van der Waals surface area contributed by atoms with E-state index in [2.05, 4.69) is 0 Å². The van der Waals surface area contributed by atoms with Crippen LogP contribution in [-0.4, -0.2) is 11.1 Å². The van der Waals surface area contributed by atoms with E-state index in [1.165, 1.54) is 23.3 Å². The van der Waals surface area contributed by atoms with E-state index in [1.807, 2.05) is 38.1 Å². The van der Waals surface area contributed by atoms with Crippen LogP contribution in [0.2, 0.25) is 5.02 Å². The van der Waals surface area contributed by atoms with Gasteiger partial charge in [0.15, 0.2) is 0 Å². The lowest BCUT2D eigenvalue weighted by atomic mass is 9.87. The van der Waals surface area contributed by atoms with Crippen LogP contribution in [0.3, 0.4) is 0 Å². The molecule has 0 aliphatic rings. The Hall–Kier alpha value is -1.42. The maximum absolute atomic E-state index is 14.0. The molecule has 118 valence electrons. The van der Waals surface area contributed by atoms with Crippen molar-refractivity contribution in [2.45, 2.75) is 32.4 Å². The molecule has 0 aromatic heterocycles. The van der Waals surface area contributed by atoms with E-state index in [0.717, 1.165) is 6.42 Å². The van der Waals surface area contributed by atoms with Crippen molar-refractivity contribution in [2.24, 2.45) is 11.7 Å². The topological polar surface area (TPSA) is 46.2 Å². The number of rotatable bonds is 5. The van der Waals surface area contributed by atoms with Gasteiger partial charge in [-0.3, -0.25) is 0 Å². The van der Waals surface area contributed by atoms with Crippen molar-refractivity contribution in [3.05, 3.63) is 70.0 Å². The molecule has 3 atom stereocenters. The first-order chi connectivity index (χ1) is 10.4. The van der Waals surface area contributed by atoms with Crippen molar-refractivity contribution >= 4 is 11.6 Å². The maximum Gasteiger partial charge on any atom is 0.147 e. The van der Waals surface area contributed by atoms with Crippen LogP contribution in [0.25, 0.3) is 0 Å². The van der Waals surface area contributed by atoms with Crippen LogP contribution in [0.4, 0.5) is 4.39 Å². The summed E-state index contributed by atoms with van der Waals surface area (Å²) in [5, 5.41) is 10.4. The Bertz CT molecular complexity index is 647. The van der Waals surface area contributed by atoms with Crippen LogP contribution in [0.15, 0.2) is 42.5 Å². The smallest absolute Gasteiger partial charge is 0.147 e. The molecule has 1 unspecified atom stereocenters. The Morgan fingerprint density at radius 3 is 2.55 bits per heavy atom. The van der Waals surface area contributed by atoms with E-state index in [1.54, 1.807) is 6.07 Å². The number of aliphatic hydroxyl groups excluding tert-OH is 1. The van der Waals surface area contributed by atoms with E-state index in [0.29, 0.717) is 0 Å². The Labute approximate surface area is 135 Å². The highest BCUT2D eigenvalue weighted by Crippen LogP contribution is 2.28. The molecule has 3 N–H and O–H groups in total. The fourth-order valence-corrected chi connectivity index (χ4v) is 2.77. The molecule has 0 saturated heterocycles. The highest BCUT2D eigenvalue weighted by Gasteiger charge is 2.26. The van der Waals surface area contributed by atoms with E-state index < -0.39 is 18.0 Å². The third kappa shape index (κ3) is 3.67. The van der Waals surface area contributed by atoms with Crippen LogP contribution in [-0.2, 0) is 6.42 Å². The second-order valence-electron chi connectivity index (χ2n) is 5.77. The molecule has 2 aromatic rings. The molecule has 0 saturated carbocycles. The SMILES string of the molecule is Cc1ccccc1CC(C)[C@@H](N)[C@H](O)c1cccc(Cl)c1F. The lowest BCUT2D eigenvalue weighted by Crippen LogP contribution is -2.36. The normalized spacial score (nSPS) is 15.4. The van der Waals surface area contributed by atoms with Gasteiger partial charge in [0.25, 0.3) is 0 Å². The van der Waals surface area contributed by atoms with Crippen LogP contribution in [0, 0.1) is 18.7 Å². The van der Waals surface area contributed by atoms with Gasteiger partial charge in [-0.15, -0.1) is 0 Å². The third-order valence-corrected chi connectivity index (χ3v) is 4.42. The Morgan fingerprint density at radius 2 is 1.86 bits per heavy atom. The molecule has 0 bridgehead atoms. The predicted molar refractivity (Wildman–Crippen MR) is 88.4 cm³/mol. The summed E-state index contributed by atoms with van der Waals surface area (Å²) in [6.07, 6.45) is -0.356. The molecule has 0 radical (unpaired) electrons. The van der Waals surface area contributed by atoms with E-state index in [9.17, 15) is 9.50 Å². The van der Waals surface area contributed by atoms with Gasteiger partial charge in [0, 0.05) is 11.6 Å². The highest BCUT2D eigenvalue weighted by atomic mass is 35.5. The molecule has 0 spiro atoms. The molecule has 2 rings (SSSR count). The summed E-state index contributed by atoms with van der Waals surface area (Å²) in [5.74, 6) is -0.607. The van der Waals surface area contributed by atoms with Crippen molar-refractivity contribution in [3.63, 3.8) is 0 Å². The van der Waals surface area contributed by atoms with Crippen molar-refractivity contribution in [2.75, 3.05) is 0 Å². The van der Waals surface area contributed by atoms with Gasteiger partial charge in [0.1, 0.15) is 5.82 Å². The Kier molecular flexibility index (Phi) is 5.57. The fraction of sp³-hybridized carbons (Fsp3) is 0.333. The molecule has 22 heavy (non-hydrogen) atoms. The molecular formula is C18H21ClFNO. The van der Waals surface area contributed by atoms with E-state index >= 15 is 0 Å². The summed E-state index contributed by atoms with van der Waals surface area (Å²) in [6, 6.07) is 12.1. The minimum absolute atomic E-state index is 0.00435. The summed E-state index contributed by atoms with van der Waals surface area (Å²) < 4.78 is 14.0. The highest BCUT2D eigenvalue weighted by molar-refractivity contribution is 6.30. The molecule has 0 heterocycles. The summed E-state index contributed by atoms with van der Waals surface area (Å²) >= 11 is 5.77. The van der Waals surface area contributed by atoms with Crippen molar-refractivity contribution in [1.82, 2.24) is 0 Å². The van der Waals surface area contributed by atoms with Gasteiger partial charge in [0.05, 0.1) is 11.1 Å².